The molecular weight excluding hydrogens is 371 g/mol. The Morgan fingerprint density at radius 1 is 1.21 bits per heavy atom. The van der Waals surface area contributed by atoms with Crippen LogP contribution < -0.4 is 10.5 Å². The number of rotatable bonds is 4. The lowest BCUT2D eigenvalue weighted by molar-refractivity contribution is -0.116. The first kappa shape index (κ1) is 18.8. The molecule has 1 heterocycles. The molecule has 0 bridgehead atoms. The largest absolute Gasteiger partial charge is 0.489 e. The van der Waals surface area contributed by atoms with Crippen LogP contribution in [0.4, 0.5) is 4.39 Å². The van der Waals surface area contributed by atoms with E-state index in [0.717, 1.165) is 11.1 Å². The fraction of sp³-hybridized carbons (Fsp3) is 0.217. The molecule has 2 N–H and O–H groups in total. The van der Waals surface area contributed by atoms with Crippen LogP contribution >= 0.6 is 0 Å². The third-order valence-corrected chi connectivity index (χ3v) is 5.11. The maximum absolute atomic E-state index is 13.3. The first-order valence-electron chi connectivity index (χ1n) is 9.38. The topological polar surface area (TPSA) is 85.3 Å². The summed E-state index contributed by atoms with van der Waals surface area (Å²) in [5.41, 5.74) is 8.22. The molecule has 146 valence electrons. The highest BCUT2D eigenvalue weighted by Crippen LogP contribution is 2.43. The van der Waals surface area contributed by atoms with Gasteiger partial charge in [0.05, 0.1) is 5.92 Å². The van der Waals surface area contributed by atoms with Crippen molar-refractivity contribution in [3.05, 3.63) is 88.3 Å². The van der Waals surface area contributed by atoms with Gasteiger partial charge in [0.25, 0.3) is 0 Å². The van der Waals surface area contributed by atoms with Gasteiger partial charge in [-0.2, -0.15) is 5.26 Å². The summed E-state index contributed by atoms with van der Waals surface area (Å²) < 4.78 is 24.6. The summed E-state index contributed by atoms with van der Waals surface area (Å²) in [5.74, 6) is 0.364. The lowest BCUT2D eigenvalue weighted by atomic mass is 9.77. The fourth-order valence-corrected chi connectivity index (χ4v) is 3.74. The van der Waals surface area contributed by atoms with Crippen molar-refractivity contribution in [1.29, 1.82) is 5.26 Å². The van der Waals surface area contributed by atoms with E-state index in [-0.39, 0.29) is 29.7 Å². The summed E-state index contributed by atoms with van der Waals surface area (Å²) in [5, 5.41) is 9.60. The van der Waals surface area contributed by atoms with Gasteiger partial charge in [-0.15, -0.1) is 0 Å². The monoisotopic (exact) mass is 390 g/mol. The summed E-state index contributed by atoms with van der Waals surface area (Å²) in [4.78, 5) is 12.6. The molecule has 0 aromatic heterocycles. The number of allylic oxidation sites excluding steroid dienone is 3. The number of nitrogens with zero attached hydrogens (tertiary/aromatic N) is 1. The zero-order valence-corrected chi connectivity index (χ0v) is 15.7. The van der Waals surface area contributed by atoms with Gasteiger partial charge in [-0.25, -0.2) is 4.39 Å². The molecule has 0 fully saturated rings. The zero-order valence-electron chi connectivity index (χ0n) is 15.7. The fourth-order valence-electron chi connectivity index (χ4n) is 3.74. The Balaban J connectivity index is 1.59. The molecular formula is C23H19FN2O3. The van der Waals surface area contributed by atoms with Crippen molar-refractivity contribution in [3.8, 4) is 11.8 Å². The highest BCUT2D eigenvalue weighted by atomic mass is 19.1. The molecule has 0 unspecified atom stereocenters. The zero-order chi connectivity index (χ0) is 20.4. The number of hydrogen-bond acceptors (Lipinski definition) is 5. The number of nitrogens with two attached hydrogens (primary N) is 1. The molecule has 2 aromatic carbocycles. The van der Waals surface area contributed by atoms with E-state index in [0.29, 0.717) is 36.3 Å². The number of halogens is 1. The normalized spacial score (nSPS) is 18.8. The smallest absolute Gasteiger partial charge is 0.205 e. The molecule has 2 aliphatic rings. The van der Waals surface area contributed by atoms with Crippen molar-refractivity contribution in [2.24, 2.45) is 5.73 Å². The SMILES string of the molecule is N#CC1=C(N)OC2=C(C(=O)CCC2)[C@@H]1c1ccc(OCc2cccc(F)c2)cc1. The molecule has 0 radical (unpaired) electrons. The van der Waals surface area contributed by atoms with Crippen LogP contribution in [0.3, 0.4) is 0 Å². The minimum atomic E-state index is -0.534. The molecule has 1 atom stereocenters. The van der Waals surface area contributed by atoms with Crippen LogP contribution in [0.1, 0.15) is 36.3 Å². The Morgan fingerprint density at radius 3 is 2.72 bits per heavy atom. The highest BCUT2D eigenvalue weighted by Gasteiger charge is 2.37. The van der Waals surface area contributed by atoms with Crippen molar-refractivity contribution in [3.63, 3.8) is 0 Å². The van der Waals surface area contributed by atoms with Gasteiger partial charge < -0.3 is 15.2 Å². The third kappa shape index (κ3) is 3.72. The molecule has 0 saturated heterocycles. The van der Waals surface area contributed by atoms with Gasteiger partial charge in [0.1, 0.15) is 35.6 Å². The summed E-state index contributed by atoms with van der Waals surface area (Å²) in [6, 6.07) is 15.5. The minimum absolute atomic E-state index is 0.0112. The Kier molecular flexibility index (Phi) is 5.05. The molecule has 1 aliphatic heterocycles. The summed E-state index contributed by atoms with van der Waals surface area (Å²) in [6.07, 6.45) is 1.78. The van der Waals surface area contributed by atoms with Crippen molar-refractivity contribution < 1.29 is 18.7 Å². The van der Waals surface area contributed by atoms with E-state index in [4.69, 9.17) is 15.2 Å². The van der Waals surface area contributed by atoms with E-state index in [1.807, 2.05) is 12.1 Å². The second kappa shape index (κ2) is 7.80. The quantitative estimate of drug-likeness (QED) is 0.845. The second-order valence-electron chi connectivity index (χ2n) is 7.03. The van der Waals surface area contributed by atoms with Crippen molar-refractivity contribution in [1.82, 2.24) is 0 Å². The molecule has 5 nitrogen and oxygen atoms in total. The van der Waals surface area contributed by atoms with E-state index in [1.165, 1.54) is 12.1 Å². The van der Waals surface area contributed by atoms with Crippen molar-refractivity contribution in [2.75, 3.05) is 0 Å². The Hall–Kier alpha value is -3.59. The summed E-state index contributed by atoms with van der Waals surface area (Å²) in [7, 11) is 0. The van der Waals surface area contributed by atoms with E-state index in [9.17, 15) is 14.4 Å². The van der Waals surface area contributed by atoms with Gasteiger partial charge in [0.2, 0.25) is 5.88 Å². The van der Waals surface area contributed by atoms with Gasteiger partial charge in [-0.1, -0.05) is 24.3 Å². The molecule has 1 aliphatic carbocycles. The molecule has 29 heavy (non-hydrogen) atoms. The number of benzene rings is 2. The Morgan fingerprint density at radius 2 is 2.00 bits per heavy atom. The number of nitriles is 1. The van der Waals surface area contributed by atoms with Crippen molar-refractivity contribution in [2.45, 2.75) is 31.8 Å². The van der Waals surface area contributed by atoms with Crippen LogP contribution in [0.25, 0.3) is 0 Å². The number of ether oxygens (including phenoxy) is 2. The lowest BCUT2D eigenvalue weighted by Gasteiger charge is -2.31. The first-order chi connectivity index (χ1) is 14.1. The molecule has 0 saturated carbocycles. The van der Waals surface area contributed by atoms with E-state index >= 15 is 0 Å². The maximum Gasteiger partial charge on any atom is 0.205 e. The average molecular weight is 390 g/mol. The van der Waals surface area contributed by atoms with E-state index in [1.54, 1.807) is 24.3 Å². The number of carbonyl (C=O) groups excluding carboxylic acids is 1. The minimum Gasteiger partial charge on any atom is -0.489 e. The Bertz CT molecular complexity index is 1060. The van der Waals surface area contributed by atoms with Crippen LogP contribution in [0.15, 0.2) is 71.3 Å². The second-order valence-corrected chi connectivity index (χ2v) is 7.03. The summed E-state index contributed by atoms with van der Waals surface area (Å²) in [6.45, 7) is 0.235. The van der Waals surface area contributed by atoms with Crippen molar-refractivity contribution >= 4 is 5.78 Å². The van der Waals surface area contributed by atoms with Crippen LogP contribution in [-0.2, 0) is 16.1 Å². The first-order valence-corrected chi connectivity index (χ1v) is 9.38. The average Bonchev–Trinajstić information content (AvgIpc) is 2.72. The lowest BCUT2D eigenvalue weighted by Crippen LogP contribution is -2.27. The van der Waals surface area contributed by atoms with E-state index in [2.05, 4.69) is 6.07 Å². The van der Waals surface area contributed by atoms with Gasteiger partial charge in [-0.05, 0) is 41.8 Å². The predicted octanol–water partition coefficient (Wildman–Crippen LogP) is 4.22. The maximum atomic E-state index is 13.3. The molecule has 2 aromatic rings. The van der Waals surface area contributed by atoms with Gasteiger partial charge in [0.15, 0.2) is 5.78 Å². The standard InChI is InChI=1S/C23H19FN2O3/c24-16-4-1-3-14(11-16)13-28-17-9-7-15(8-10-17)21-18(12-25)23(26)29-20-6-2-5-19(27)22(20)21/h1,3-4,7-11,21H,2,5-6,13,26H2/t21-/m1/s1. The van der Waals surface area contributed by atoms with E-state index < -0.39 is 5.92 Å². The van der Waals surface area contributed by atoms with Gasteiger partial charge in [-0.3, -0.25) is 4.79 Å². The van der Waals surface area contributed by atoms with Crippen LogP contribution in [0.2, 0.25) is 0 Å². The number of hydrogen-bond donors (Lipinski definition) is 1. The van der Waals surface area contributed by atoms with Gasteiger partial charge >= 0.3 is 0 Å². The Labute approximate surface area is 167 Å². The summed E-state index contributed by atoms with van der Waals surface area (Å²) >= 11 is 0. The number of Topliss-reactive ketones (excluding diaryl/α,β-unsaturated/α-hetero) is 1. The number of ketones is 1. The highest BCUT2D eigenvalue weighted by molar-refractivity contribution is 5.99. The van der Waals surface area contributed by atoms with Gasteiger partial charge in [0, 0.05) is 18.4 Å². The number of carbonyl (C=O) groups is 1. The molecule has 0 amide bonds. The van der Waals surface area contributed by atoms with Crippen LogP contribution in [-0.4, -0.2) is 5.78 Å². The predicted molar refractivity (Wildman–Crippen MR) is 104 cm³/mol. The molecule has 4 rings (SSSR count). The molecule has 0 spiro atoms. The van der Waals surface area contributed by atoms with Crippen LogP contribution in [0.5, 0.6) is 5.75 Å². The van der Waals surface area contributed by atoms with Crippen LogP contribution in [0, 0.1) is 17.1 Å². The third-order valence-electron chi connectivity index (χ3n) is 5.11. The molecule has 6 heteroatoms.